The summed E-state index contributed by atoms with van der Waals surface area (Å²) in [5.41, 5.74) is 5.90. The zero-order chi connectivity index (χ0) is 15.3. The van der Waals surface area contributed by atoms with Crippen molar-refractivity contribution < 1.29 is 13.9 Å². The van der Waals surface area contributed by atoms with E-state index >= 15 is 0 Å². The molecule has 0 spiro atoms. The smallest absolute Gasteiger partial charge is 0.407 e. The Morgan fingerprint density at radius 3 is 2.65 bits per heavy atom. The summed E-state index contributed by atoms with van der Waals surface area (Å²) >= 11 is 5.74. The molecule has 0 saturated heterocycles. The second kappa shape index (κ2) is 6.90. The molecule has 1 amide bonds. The van der Waals surface area contributed by atoms with E-state index in [1.165, 1.54) is 12.1 Å². The fourth-order valence-electron chi connectivity index (χ4n) is 1.62. The van der Waals surface area contributed by atoms with Gasteiger partial charge in [-0.2, -0.15) is 0 Å². The summed E-state index contributed by atoms with van der Waals surface area (Å²) in [7, 11) is 0. The highest BCUT2D eigenvalue weighted by molar-refractivity contribution is 6.30. The molecule has 1 aromatic carbocycles. The predicted molar refractivity (Wildman–Crippen MR) is 77.4 cm³/mol. The molecular weight excluding hydrogens is 283 g/mol. The van der Waals surface area contributed by atoms with E-state index in [4.69, 9.17) is 22.1 Å². The average molecular weight is 303 g/mol. The van der Waals surface area contributed by atoms with Crippen molar-refractivity contribution in [3.63, 3.8) is 0 Å². The summed E-state index contributed by atoms with van der Waals surface area (Å²) in [6, 6.07) is 4.41. The van der Waals surface area contributed by atoms with Crippen molar-refractivity contribution in [3.8, 4) is 0 Å². The highest BCUT2D eigenvalue weighted by atomic mass is 35.5. The number of carbonyl (C=O) groups is 1. The number of amides is 1. The largest absolute Gasteiger partial charge is 0.444 e. The van der Waals surface area contributed by atoms with Crippen molar-refractivity contribution in [3.05, 3.63) is 34.6 Å². The molecule has 0 saturated carbocycles. The molecule has 1 unspecified atom stereocenters. The number of ether oxygens (including phenoxy) is 1. The molecule has 0 aliphatic carbocycles. The first-order valence-electron chi connectivity index (χ1n) is 6.35. The number of hydrogen-bond donors (Lipinski definition) is 2. The number of halogens is 2. The molecule has 3 N–H and O–H groups in total. The van der Waals surface area contributed by atoms with Crippen LogP contribution in [0.1, 0.15) is 32.3 Å². The number of hydrogen-bond acceptors (Lipinski definition) is 3. The third-order valence-corrected chi connectivity index (χ3v) is 2.88. The van der Waals surface area contributed by atoms with Gasteiger partial charge < -0.3 is 15.8 Å². The van der Waals surface area contributed by atoms with Crippen LogP contribution in [0.5, 0.6) is 0 Å². The summed E-state index contributed by atoms with van der Waals surface area (Å²) in [5.74, 6) is -0.632. The Kier molecular flexibility index (Phi) is 5.77. The van der Waals surface area contributed by atoms with Gasteiger partial charge in [-0.15, -0.1) is 0 Å². The SMILES string of the molecule is CC(C)(C)OC(=O)NCC(CN)c1ccc(F)c(Cl)c1. The fraction of sp³-hybridized carbons (Fsp3) is 0.500. The molecular formula is C14H20ClFN2O2. The van der Waals surface area contributed by atoms with Gasteiger partial charge in [-0.05, 0) is 38.5 Å². The Balaban J connectivity index is 2.63. The maximum atomic E-state index is 13.1. The Morgan fingerprint density at radius 2 is 2.15 bits per heavy atom. The van der Waals surface area contributed by atoms with Crippen LogP contribution in [0, 0.1) is 5.82 Å². The van der Waals surface area contributed by atoms with Crippen molar-refractivity contribution in [1.29, 1.82) is 0 Å². The molecule has 1 rings (SSSR count). The molecule has 6 heteroatoms. The lowest BCUT2D eigenvalue weighted by Crippen LogP contribution is -2.36. The van der Waals surface area contributed by atoms with Crippen molar-refractivity contribution in [2.75, 3.05) is 13.1 Å². The second-order valence-electron chi connectivity index (χ2n) is 5.49. The third-order valence-electron chi connectivity index (χ3n) is 2.59. The standard InChI is InChI=1S/C14H20ClFN2O2/c1-14(2,3)20-13(19)18-8-10(7-17)9-4-5-12(16)11(15)6-9/h4-6,10H,7-8,17H2,1-3H3,(H,18,19). The normalized spacial score (nSPS) is 12.9. The van der Waals surface area contributed by atoms with Gasteiger partial charge in [-0.3, -0.25) is 0 Å². The van der Waals surface area contributed by atoms with Crippen LogP contribution in [0.4, 0.5) is 9.18 Å². The molecule has 0 aliphatic rings. The van der Waals surface area contributed by atoms with Crippen LogP contribution in [-0.2, 0) is 4.74 Å². The molecule has 1 aromatic rings. The van der Waals surface area contributed by atoms with E-state index in [1.807, 2.05) is 0 Å². The molecule has 112 valence electrons. The van der Waals surface area contributed by atoms with Crippen molar-refractivity contribution in [1.82, 2.24) is 5.32 Å². The van der Waals surface area contributed by atoms with Crippen LogP contribution in [0.3, 0.4) is 0 Å². The maximum absolute atomic E-state index is 13.1. The van der Waals surface area contributed by atoms with Crippen molar-refractivity contribution >= 4 is 17.7 Å². The zero-order valence-corrected chi connectivity index (χ0v) is 12.6. The molecule has 1 atom stereocenters. The average Bonchev–Trinajstić information content (AvgIpc) is 2.32. The Labute approximate surface area is 123 Å². The van der Waals surface area contributed by atoms with E-state index in [2.05, 4.69) is 5.32 Å². The molecule has 4 nitrogen and oxygen atoms in total. The van der Waals surface area contributed by atoms with Gasteiger partial charge in [0.2, 0.25) is 0 Å². The maximum Gasteiger partial charge on any atom is 0.407 e. The van der Waals surface area contributed by atoms with Gasteiger partial charge >= 0.3 is 6.09 Å². The van der Waals surface area contributed by atoms with E-state index in [1.54, 1.807) is 26.8 Å². The number of nitrogens with one attached hydrogen (secondary N) is 1. The summed E-state index contributed by atoms with van der Waals surface area (Å²) in [4.78, 5) is 11.6. The van der Waals surface area contributed by atoms with E-state index in [-0.39, 0.29) is 10.9 Å². The molecule has 0 heterocycles. The first-order chi connectivity index (χ1) is 9.23. The van der Waals surface area contributed by atoms with Crippen LogP contribution in [0.2, 0.25) is 5.02 Å². The highest BCUT2D eigenvalue weighted by Crippen LogP contribution is 2.21. The first kappa shape index (κ1) is 16.7. The van der Waals surface area contributed by atoms with Crippen LogP contribution in [0.15, 0.2) is 18.2 Å². The summed E-state index contributed by atoms with van der Waals surface area (Å²) in [6.07, 6.45) is -0.510. The van der Waals surface area contributed by atoms with Crippen molar-refractivity contribution in [2.24, 2.45) is 5.73 Å². The van der Waals surface area contributed by atoms with Crippen molar-refractivity contribution in [2.45, 2.75) is 32.3 Å². The van der Waals surface area contributed by atoms with Gasteiger partial charge in [0.15, 0.2) is 0 Å². The van der Waals surface area contributed by atoms with Gasteiger partial charge in [0, 0.05) is 19.0 Å². The number of carbonyl (C=O) groups excluding carboxylic acids is 1. The second-order valence-corrected chi connectivity index (χ2v) is 5.90. The van der Waals surface area contributed by atoms with Gasteiger partial charge in [-0.1, -0.05) is 17.7 Å². The minimum atomic E-state index is -0.554. The van der Waals surface area contributed by atoms with Gasteiger partial charge in [0.1, 0.15) is 11.4 Å². The van der Waals surface area contributed by atoms with Crippen LogP contribution < -0.4 is 11.1 Å². The van der Waals surface area contributed by atoms with Crippen LogP contribution in [0.25, 0.3) is 0 Å². The quantitative estimate of drug-likeness (QED) is 0.898. The summed E-state index contributed by atoms with van der Waals surface area (Å²) < 4.78 is 18.2. The lowest BCUT2D eigenvalue weighted by Gasteiger charge is -2.21. The van der Waals surface area contributed by atoms with Crippen LogP contribution in [-0.4, -0.2) is 24.8 Å². The van der Waals surface area contributed by atoms with E-state index in [0.29, 0.717) is 13.1 Å². The third kappa shape index (κ3) is 5.35. The molecule has 0 aliphatic heterocycles. The van der Waals surface area contributed by atoms with Gasteiger partial charge in [0.05, 0.1) is 5.02 Å². The number of benzene rings is 1. The Bertz CT molecular complexity index is 475. The van der Waals surface area contributed by atoms with Crippen LogP contribution >= 0.6 is 11.6 Å². The van der Waals surface area contributed by atoms with Gasteiger partial charge in [-0.25, -0.2) is 9.18 Å². The minimum absolute atomic E-state index is 0.0400. The van der Waals surface area contributed by atoms with E-state index < -0.39 is 17.5 Å². The number of rotatable bonds is 4. The topological polar surface area (TPSA) is 64.3 Å². The summed E-state index contributed by atoms with van der Waals surface area (Å²) in [5, 5.41) is 2.68. The lowest BCUT2D eigenvalue weighted by molar-refractivity contribution is 0.0525. The Morgan fingerprint density at radius 1 is 1.50 bits per heavy atom. The Hall–Kier alpha value is -1.33. The highest BCUT2D eigenvalue weighted by Gasteiger charge is 2.18. The molecule has 20 heavy (non-hydrogen) atoms. The van der Waals surface area contributed by atoms with Gasteiger partial charge in [0.25, 0.3) is 0 Å². The molecule has 0 aromatic heterocycles. The molecule has 0 bridgehead atoms. The number of nitrogens with two attached hydrogens (primary N) is 1. The lowest BCUT2D eigenvalue weighted by atomic mass is 9.99. The molecule has 0 fully saturated rings. The monoisotopic (exact) mass is 302 g/mol. The number of alkyl carbamates (subject to hydrolysis) is 1. The molecule has 0 radical (unpaired) electrons. The minimum Gasteiger partial charge on any atom is -0.444 e. The predicted octanol–water partition coefficient (Wildman–Crippen LogP) is 3.05. The zero-order valence-electron chi connectivity index (χ0n) is 11.9. The summed E-state index contributed by atoms with van der Waals surface area (Å²) in [6.45, 7) is 5.96. The van der Waals surface area contributed by atoms with E-state index in [0.717, 1.165) is 5.56 Å². The fourth-order valence-corrected chi connectivity index (χ4v) is 1.81. The first-order valence-corrected chi connectivity index (χ1v) is 6.72. The van der Waals surface area contributed by atoms with E-state index in [9.17, 15) is 9.18 Å².